The number of carbonyl (C=O) groups excluding carboxylic acids is 2. The molecular formula is C30H34N2O8. The van der Waals surface area contributed by atoms with Gasteiger partial charge in [0.15, 0.2) is 0 Å². The summed E-state index contributed by atoms with van der Waals surface area (Å²) in [4.78, 5) is 42.5. The summed E-state index contributed by atoms with van der Waals surface area (Å²) in [6, 6.07) is 12.1. The Hall–Kier alpha value is -4.86. The van der Waals surface area contributed by atoms with E-state index in [4.69, 9.17) is 9.47 Å². The molecule has 2 aromatic carbocycles. The molecule has 0 heterocycles. The summed E-state index contributed by atoms with van der Waals surface area (Å²) in [7, 11) is 0. The molecule has 2 rings (SSSR count). The summed E-state index contributed by atoms with van der Waals surface area (Å²) in [5.74, 6) is 0.0928. The summed E-state index contributed by atoms with van der Waals surface area (Å²) in [5.41, 5.74) is 5.28. The maximum absolute atomic E-state index is 11.1. The van der Waals surface area contributed by atoms with Crippen molar-refractivity contribution < 1.29 is 28.9 Å². The van der Waals surface area contributed by atoms with E-state index >= 15 is 0 Å². The fraction of sp³-hybridized carbons (Fsp3) is 0.267. The largest absolute Gasteiger partial charge is 0.426 e. The van der Waals surface area contributed by atoms with Crippen LogP contribution in [-0.2, 0) is 19.1 Å². The number of nitro groups is 2. The van der Waals surface area contributed by atoms with Crippen LogP contribution in [0.15, 0.2) is 82.3 Å². The first-order valence-electron chi connectivity index (χ1n) is 12.2. The summed E-state index contributed by atoms with van der Waals surface area (Å²) >= 11 is 0. The third-order valence-corrected chi connectivity index (χ3v) is 5.55. The Morgan fingerprint density at radius 3 is 1.05 bits per heavy atom. The lowest BCUT2D eigenvalue weighted by molar-refractivity contribution is -0.385. The molecule has 0 atom stereocenters. The highest BCUT2D eigenvalue weighted by atomic mass is 16.6. The molecule has 40 heavy (non-hydrogen) atoms. The van der Waals surface area contributed by atoms with E-state index in [1.807, 2.05) is 41.5 Å². The molecule has 0 saturated carbocycles. The zero-order valence-corrected chi connectivity index (χ0v) is 23.9. The van der Waals surface area contributed by atoms with Gasteiger partial charge >= 0.3 is 11.9 Å². The van der Waals surface area contributed by atoms with Crippen molar-refractivity contribution in [2.75, 3.05) is 0 Å². The van der Waals surface area contributed by atoms with Crippen LogP contribution >= 0.6 is 0 Å². The van der Waals surface area contributed by atoms with E-state index in [2.05, 4.69) is 0 Å². The number of allylic oxidation sites excluding steroid dienone is 4. The van der Waals surface area contributed by atoms with Gasteiger partial charge in [-0.15, -0.1) is 0 Å². The lowest BCUT2D eigenvalue weighted by Crippen LogP contribution is -2.01. The first-order valence-corrected chi connectivity index (χ1v) is 12.2. The Kier molecular flexibility index (Phi) is 12.9. The van der Waals surface area contributed by atoms with Crippen molar-refractivity contribution in [1.82, 2.24) is 0 Å². The maximum atomic E-state index is 11.1. The number of ether oxygens (including phenoxy) is 2. The smallest absolute Gasteiger partial charge is 0.308 e. The van der Waals surface area contributed by atoms with Crippen molar-refractivity contribution in [3.05, 3.63) is 114 Å². The van der Waals surface area contributed by atoms with Crippen LogP contribution in [0.2, 0.25) is 0 Å². The number of rotatable bonds is 8. The molecule has 0 aliphatic carbocycles. The molecule has 0 aromatic heterocycles. The Morgan fingerprint density at radius 1 is 0.575 bits per heavy atom. The quantitative estimate of drug-likeness (QED) is 0.107. The predicted molar refractivity (Wildman–Crippen MR) is 154 cm³/mol. The van der Waals surface area contributed by atoms with E-state index in [1.165, 1.54) is 38.1 Å². The van der Waals surface area contributed by atoms with E-state index < -0.39 is 21.8 Å². The first-order chi connectivity index (χ1) is 18.6. The minimum atomic E-state index is -0.457. The second-order valence-corrected chi connectivity index (χ2v) is 9.15. The van der Waals surface area contributed by atoms with Crippen LogP contribution in [0.3, 0.4) is 0 Å². The number of esters is 2. The van der Waals surface area contributed by atoms with Crippen molar-refractivity contribution in [2.24, 2.45) is 0 Å². The fourth-order valence-corrected chi connectivity index (χ4v) is 2.92. The van der Waals surface area contributed by atoms with Crippen LogP contribution in [0.1, 0.15) is 66.5 Å². The molecule has 10 nitrogen and oxygen atoms in total. The zero-order valence-electron chi connectivity index (χ0n) is 23.9. The van der Waals surface area contributed by atoms with Crippen LogP contribution in [0.5, 0.6) is 0 Å². The molecule has 0 fully saturated rings. The molecule has 0 N–H and O–H groups in total. The normalized spacial score (nSPS) is 10.9. The number of nitro benzene ring substituents is 2. The SMILES string of the molecule is CC(=O)O/C(=C\c1ccc([N+](=O)[O-])cc1)C(C)=C(C)C.CC(=O)O/C(=C\c1ccc([N+](=O)[O-])cc1)C(C)=C(C)C. The minimum Gasteiger partial charge on any atom is -0.426 e. The zero-order chi connectivity index (χ0) is 30.6. The van der Waals surface area contributed by atoms with Gasteiger partial charge in [-0.05, 0) is 100 Å². The third kappa shape index (κ3) is 11.3. The topological polar surface area (TPSA) is 139 Å². The second kappa shape index (κ2) is 15.5. The van der Waals surface area contributed by atoms with E-state index in [9.17, 15) is 29.8 Å². The summed E-state index contributed by atoms with van der Waals surface area (Å²) in [5, 5.41) is 21.2. The number of benzene rings is 2. The minimum absolute atomic E-state index is 0.0233. The molecule has 0 bridgehead atoms. The van der Waals surface area contributed by atoms with Gasteiger partial charge in [-0.25, -0.2) is 0 Å². The van der Waals surface area contributed by atoms with Gasteiger partial charge in [-0.2, -0.15) is 0 Å². The molecule has 0 amide bonds. The van der Waals surface area contributed by atoms with Gasteiger partial charge in [0.1, 0.15) is 11.5 Å². The Labute approximate surface area is 233 Å². The number of hydrogen-bond acceptors (Lipinski definition) is 8. The molecule has 2 aromatic rings. The van der Waals surface area contributed by atoms with Gasteiger partial charge in [0, 0.05) is 38.1 Å². The fourth-order valence-electron chi connectivity index (χ4n) is 2.92. The van der Waals surface area contributed by atoms with Crippen molar-refractivity contribution >= 4 is 35.5 Å². The van der Waals surface area contributed by atoms with Crippen molar-refractivity contribution in [3.63, 3.8) is 0 Å². The number of non-ortho nitro benzene ring substituents is 2. The van der Waals surface area contributed by atoms with E-state index in [0.717, 1.165) is 33.4 Å². The Balaban J connectivity index is 0.000000400. The van der Waals surface area contributed by atoms with Gasteiger partial charge in [-0.1, -0.05) is 11.1 Å². The average Bonchev–Trinajstić information content (AvgIpc) is 2.87. The monoisotopic (exact) mass is 550 g/mol. The summed E-state index contributed by atoms with van der Waals surface area (Å²) in [6.45, 7) is 14.1. The maximum Gasteiger partial charge on any atom is 0.308 e. The number of hydrogen-bond donors (Lipinski definition) is 0. The number of nitrogens with zero attached hydrogens (tertiary/aromatic N) is 2. The highest BCUT2D eigenvalue weighted by molar-refractivity contribution is 5.71. The van der Waals surface area contributed by atoms with Gasteiger partial charge in [0.25, 0.3) is 11.4 Å². The third-order valence-electron chi connectivity index (χ3n) is 5.55. The van der Waals surface area contributed by atoms with Crippen LogP contribution < -0.4 is 0 Å². The summed E-state index contributed by atoms with van der Waals surface area (Å²) < 4.78 is 10.4. The molecular weight excluding hydrogens is 516 g/mol. The van der Waals surface area contributed by atoms with Crippen molar-refractivity contribution in [1.29, 1.82) is 0 Å². The molecule has 0 aliphatic heterocycles. The van der Waals surface area contributed by atoms with Crippen molar-refractivity contribution in [3.8, 4) is 0 Å². The lowest BCUT2D eigenvalue weighted by Gasteiger charge is -2.09. The Bertz CT molecular complexity index is 1260. The number of carbonyl (C=O) groups is 2. The lowest BCUT2D eigenvalue weighted by atomic mass is 10.1. The van der Waals surface area contributed by atoms with Crippen molar-refractivity contribution in [2.45, 2.75) is 55.4 Å². The van der Waals surface area contributed by atoms with Crippen LogP contribution in [0.4, 0.5) is 11.4 Å². The van der Waals surface area contributed by atoms with Crippen LogP contribution in [0, 0.1) is 20.2 Å². The summed E-state index contributed by atoms with van der Waals surface area (Å²) in [6.07, 6.45) is 3.38. The molecule has 0 saturated heterocycles. The molecule has 212 valence electrons. The second-order valence-electron chi connectivity index (χ2n) is 9.15. The Morgan fingerprint density at radius 2 is 0.850 bits per heavy atom. The molecule has 0 unspecified atom stereocenters. The van der Waals surface area contributed by atoms with Gasteiger partial charge in [-0.3, -0.25) is 29.8 Å². The van der Waals surface area contributed by atoms with Gasteiger partial charge in [0.05, 0.1) is 9.85 Å². The van der Waals surface area contributed by atoms with Crippen LogP contribution in [-0.4, -0.2) is 21.8 Å². The van der Waals surface area contributed by atoms with Gasteiger partial charge < -0.3 is 9.47 Å². The molecule has 0 spiro atoms. The average molecular weight is 551 g/mol. The van der Waals surface area contributed by atoms with E-state index in [1.54, 1.807) is 36.4 Å². The standard InChI is InChI=1S/2C15H17NO4/c2*1-10(2)11(3)15(20-12(4)17)9-13-5-7-14(8-6-13)16(18)19/h2*5-9H,1-4H3/b2*15-9-. The predicted octanol–water partition coefficient (Wildman–Crippen LogP) is 7.71. The molecule has 0 aliphatic rings. The molecule has 10 heteroatoms. The highest BCUT2D eigenvalue weighted by Gasteiger charge is 2.10. The van der Waals surface area contributed by atoms with E-state index in [0.29, 0.717) is 11.5 Å². The first kappa shape index (κ1) is 33.2. The van der Waals surface area contributed by atoms with E-state index in [-0.39, 0.29) is 11.4 Å². The highest BCUT2D eigenvalue weighted by Crippen LogP contribution is 2.22. The van der Waals surface area contributed by atoms with Gasteiger partial charge in [0.2, 0.25) is 0 Å². The van der Waals surface area contributed by atoms with Crippen LogP contribution in [0.25, 0.3) is 12.2 Å². The molecule has 0 radical (unpaired) electrons.